The molecule has 8 nitrogen and oxygen atoms in total. The van der Waals surface area contributed by atoms with Crippen LogP contribution >= 0.6 is 11.8 Å². The number of fused-ring (bicyclic) bond motifs is 4. The molecule has 3 heterocycles. The highest BCUT2D eigenvalue weighted by atomic mass is 32.2. The summed E-state index contributed by atoms with van der Waals surface area (Å²) in [5.74, 6) is 2.36. The van der Waals surface area contributed by atoms with E-state index >= 15 is 0 Å². The van der Waals surface area contributed by atoms with Gasteiger partial charge in [0.25, 0.3) is 0 Å². The van der Waals surface area contributed by atoms with Crippen LogP contribution in [0.3, 0.4) is 0 Å². The summed E-state index contributed by atoms with van der Waals surface area (Å²) in [6.45, 7) is 3.83. The smallest absolute Gasteiger partial charge is 0.247 e. The number of rotatable bonds is 5. The Morgan fingerprint density at radius 1 is 1.16 bits per heavy atom. The van der Waals surface area contributed by atoms with Gasteiger partial charge >= 0.3 is 0 Å². The third-order valence-corrected chi connectivity index (χ3v) is 6.19. The van der Waals surface area contributed by atoms with E-state index < -0.39 is 6.23 Å². The van der Waals surface area contributed by atoms with Gasteiger partial charge in [-0.05, 0) is 30.7 Å². The van der Waals surface area contributed by atoms with Gasteiger partial charge in [-0.1, -0.05) is 43.3 Å². The number of unbranched alkanes of at least 4 members (excludes halogenated alkanes) is 1. The van der Waals surface area contributed by atoms with Gasteiger partial charge in [0.05, 0.1) is 5.69 Å². The van der Waals surface area contributed by atoms with Crippen molar-refractivity contribution in [2.45, 2.75) is 38.1 Å². The first-order valence-electron chi connectivity index (χ1n) is 10.5. The zero-order chi connectivity index (χ0) is 22.1. The molecule has 0 fully saturated rings. The highest BCUT2D eigenvalue weighted by molar-refractivity contribution is 7.99. The molecule has 32 heavy (non-hydrogen) atoms. The van der Waals surface area contributed by atoms with Gasteiger partial charge in [0.2, 0.25) is 30.0 Å². The largest absolute Gasteiger partial charge is 0.454 e. The summed E-state index contributed by atoms with van der Waals surface area (Å²) < 4.78 is 17.4. The van der Waals surface area contributed by atoms with Crippen LogP contribution in [-0.2, 0) is 4.79 Å². The third-order valence-electron chi connectivity index (χ3n) is 5.26. The molecule has 9 heteroatoms. The molecule has 1 atom stereocenters. The van der Waals surface area contributed by atoms with Crippen molar-refractivity contribution < 1.29 is 19.0 Å². The third kappa shape index (κ3) is 3.73. The van der Waals surface area contributed by atoms with Crippen molar-refractivity contribution in [3.05, 3.63) is 48.0 Å². The number of thioether (sulfide) groups is 1. The van der Waals surface area contributed by atoms with Gasteiger partial charge in [-0.15, -0.1) is 10.2 Å². The predicted octanol–water partition coefficient (Wildman–Crippen LogP) is 4.60. The van der Waals surface area contributed by atoms with Crippen molar-refractivity contribution in [2.24, 2.45) is 0 Å². The summed E-state index contributed by atoms with van der Waals surface area (Å²) in [6, 6.07) is 13.1. The molecule has 5 rings (SSSR count). The molecule has 3 aromatic rings. The first kappa shape index (κ1) is 20.6. The number of aromatic nitrogens is 3. The average Bonchev–Trinajstić information content (AvgIpc) is 3.21. The highest BCUT2D eigenvalue weighted by Crippen LogP contribution is 2.44. The number of hydrogen-bond donors (Lipinski definition) is 0. The van der Waals surface area contributed by atoms with Crippen LogP contribution in [-0.4, -0.2) is 33.6 Å². The van der Waals surface area contributed by atoms with Gasteiger partial charge in [-0.2, -0.15) is 4.98 Å². The minimum Gasteiger partial charge on any atom is -0.454 e. The summed E-state index contributed by atoms with van der Waals surface area (Å²) in [5, 5.41) is 9.29. The topological polar surface area (TPSA) is 86.7 Å². The first-order valence-corrected chi connectivity index (χ1v) is 11.5. The summed E-state index contributed by atoms with van der Waals surface area (Å²) in [6.07, 6.45) is 1.40. The van der Waals surface area contributed by atoms with Crippen molar-refractivity contribution in [3.63, 3.8) is 0 Å². The predicted molar refractivity (Wildman–Crippen MR) is 120 cm³/mol. The van der Waals surface area contributed by atoms with Crippen LogP contribution < -0.4 is 19.1 Å². The maximum Gasteiger partial charge on any atom is 0.247 e. The molecule has 2 aromatic carbocycles. The minimum atomic E-state index is -0.755. The lowest BCUT2D eigenvalue weighted by atomic mass is 10.1. The zero-order valence-electron chi connectivity index (χ0n) is 17.8. The zero-order valence-corrected chi connectivity index (χ0v) is 18.6. The maximum absolute atomic E-state index is 12.9. The fraction of sp³-hybridized carbons (Fsp3) is 0.304. The second kappa shape index (κ2) is 8.66. The van der Waals surface area contributed by atoms with Crippen LogP contribution in [0.5, 0.6) is 17.4 Å². The van der Waals surface area contributed by atoms with Crippen LogP contribution in [0.25, 0.3) is 11.3 Å². The Balaban J connectivity index is 1.63. The summed E-state index contributed by atoms with van der Waals surface area (Å²) in [4.78, 5) is 19.1. The average molecular weight is 451 g/mol. The number of para-hydroxylation sites is 1. The van der Waals surface area contributed by atoms with E-state index in [1.807, 2.05) is 42.5 Å². The second-order valence-electron chi connectivity index (χ2n) is 7.44. The molecule has 0 saturated carbocycles. The molecule has 2 aliphatic heterocycles. The van der Waals surface area contributed by atoms with E-state index in [9.17, 15) is 4.79 Å². The number of anilines is 1. The summed E-state index contributed by atoms with van der Waals surface area (Å²) in [5.41, 5.74) is 2.68. The van der Waals surface area contributed by atoms with E-state index in [-0.39, 0.29) is 12.7 Å². The number of carbonyl (C=O) groups is 1. The fourth-order valence-corrected chi connectivity index (χ4v) is 4.57. The van der Waals surface area contributed by atoms with Gasteiger partial charge in [-0.3, -0.25) is 9.69 Å². The van der Waals surface area contributed by atoms with Crippen LogP contribution in [0.1, 0.15) is 38.5 Å². The van der Waals surface area contributed by atoms with Crippen LogP contribution in [0.2, 0.25) is 0 Å². The van der Waals surface area contributed by atoms with Gasteiger partial charge < -0.3 is 14.2 Å². The van der Waals surface area contributed by atoms with Crippen molar-refractivity contribution in [3.8, 4) is 28.6 Å². The SMILES string of the molecule is CCCCSc1nnc2c(n1)OC(c1ccc3c(c1)OCO3)N(C(C)=O)c1ccccc1-2. The first-order chi connectivity index (χ1) is 15.7. The van der Waals surface area contributed by atoms with Gasteiger partial charge in [0.15, 0.2) is 17.2 Å². The van der Waals surface area contributed by atoms with Crippen molar-refractivity contribution in [2.75, 3.05) is 17.4 Å². The number of carbonyl (C=O) groups excluding carboxylic acids is 1. The van der Waals surface area contributed by atoms with E-state index in [2.05, 4.69) is 22.1 Å². The number of ether oxygens (including phenoxy) is 3. The van der Waals surface area contributed by atoms with Gasteiger partial charge in [0.1, 0.15) is 0 Å². The Morgan fingerprint density at radius 2 is 2.00 bits per heavy atom. The van der Waals surface area contributed by atoms with Crippen LogP contribution in [0.15, 0.2) is 47.6 Å². The molecule has 1 amide bonds. The second-order valence-corrected chi connectivity index (χ2v) is 8.50. The lowest BCUT2D eigenvalue weighted by Gasteiger charge is -2.29. The Kier molecular flexibility index (Phi) is 5.57. The molecule has 1 aromatic heterocycles. The number of benzene rings is 2. The Hall–Kier alpha value is -3.33. The summed E-state index contributed by atoms with van der Waals surface area (Å²) in [7, 11) is 0. The highest BCUT2D eigenvalue weighted by Gasteiger charge is 2.35. The Bertz CT molecular complexity index is 1170. The standard InChI is InChI=1S/C23H22N4O4S/c1-3-4-11-32-23-24-21-20(25-26-23)16-7-5-6-8-17(16)27(14(2)28)22(31-21)15-9-10-18-19(12-15)30-13-29-18/h5-10,12,22H,3-4,11,13H2,1-2H3. The molecule has 0 radical (unpaired) electrons. The molecule has 0 saturated heterocycles. The normalized spacial score (nSPS) is 16.1. The Labute approximate surface area is 189 Å². The Morgan fingerprint density at radius 3 is 2.84 bits per heavy atom. The molecular weight excluding hydrogens is 428 g/mol. The molecule has 164 valence electrons. The van der Waals surface area contributed by atoms with Crippen molar-refractivity contribution in [1.29, 1.82) is 0 Å². The van der Waals surface area contributed by atoms with Crippen molar-refractivity contribution in [1.82, 2.24) is 15.2 Å². The molecule has 0 bridgehead atoms. The quantitative estimate of drug-likeness (QED) is 0.412. The van der Waals surface area contributed by atoms with Crippen LogP contribution in [0, 0.1) is 0 Å². The van der Waals surface area contributed by atoms with Crippen molar-refractivity contribution >= 4 is 23.4 Å². The lowest BCUT2D eigenvalue weighted by molar-refractivity contribution is -0.118. The molecule has 0 spiro atoms. The van der Waals surface area contributed by atoms with E-state index in [1.54, 1.807) is 16.7 Å². The van der Waals surface area contributed by atoms with E-state index in [0.717, 1.165) is 29.7 Å². The van der Waals surface area contributed by atoms with Gasteiger partial charge in [0, 0.05) is 23.8 Å². The molecule has 2 aliphatic rings. The maximum atomic E-state index is 12.9. The van der Waals surface area contributed by atoms with Crippen LogP contribution in [0.4, 0.5) is 5.69 Å². The number of hydrogen-bond acceptors (Lipinski definition) is 8. The molecule has 0 aliphatic carbocycles. The number of nitrogens with zero attached hydrogens (tertiary/aromatic N) is 4. The molecular formula is C23H22N4O4S. The summed E-state index contributed by atoms with van der Waals surface area (Å²) >= 11 is 1.54. The lowest BCUT2D eigenvalue weighted by Crippen LogP contribution is -2.36. The number of amides is 1. The minimum absolute atomic E-state index is 0.168. The van der Waals surface area contributed by atoms with Gasteiger partial charge in [-0.25, -0.2) is 0 Å². The van der Waals surface area contributed by atoms with E-state index in [0.29, 0.717) is 33.9 Å². The monoisotopic (exact) mass is 450 g/mol. The van der Waals surface area contributed by atoms with E-state index in [1.165, 1.54) is 6.92 Å². The molecule has 0 N–H and O–H groups in total. The molecule has 1 unspecified atom stereocenters. The van der Waals surface area contributed by atoms with E-state index in [4.69, 9.17) is 14.2 Å². The fourth-order valence-electron chi connectivity index (χ4n) is 3.71.